The molecule has 0 aromatic rings. The Labute approximate surface area is 101 Å². The van der Waals surface area contributed by atoms with E-state index in [4.69, 9.17) is 0 Å². The van der Waals surface area contributed by atoms with E-state index in [1.54, 1.807) is 0 Å². The van der Waals surface area contributed by atoms with Crippen molar-refractivity contribution in [3.8, 4) is 0 Å². The summed E-state index contributed by atoms with van der Waals surface area (Å²) in [6, 6.07) is 0. The molecule has 2 bridgehead atoms. The monoisotopic (exact) mass is 218 g/mol. The SMILES string of the molecule is CC1C=C2C(C)(C)[C@@H]3CC[C@@]2(C3)C(C)(C)C1. The molecular formula is C16H26. The topological polar surface area (TPSA) is 0 Å². The average molecular weight is 218 g/mol. The van der Waals surface area contributed by atoms with Crippen molar-refractivity contribution in [3.63, 3.8) is 0 Å². The second-order valence-corrected chi connectivity index (χ2v) is 7.89. The number of hydrogen-bond acceptors (Lipinski definition) is 0. The first-order chi connectivity index (χ1) is 7.30. The van der Waals surface area contributed by atoms with E-state index in [1.807, 2.05) is 5.57 Å². The van der Waals surface area contributed by atoms with Gasteiger partial charge in [0.25, 0.3) is 0 Å². The summed E-state index contributed by atoms with van der Waals surface area (Å²) in [4.78, 5) is 0. The molecule has 3 aliphatic rings. The molecule has 3 rings (SSSR count). The highest BCUT2D eigenvalue weighted by Crippen LogP contribution is 2.74. The maximum Gasteiger partial charge on any atom is -0.00282 e. The largest absolute Gasteiger partial charge is 0.0813 e. The third-order valence-electron chi connectivity index (χ3n) is 6.32. The van der Waals surface area contributed by atoms with E-state index in [9.17, 15) is 0 Å². The molecule has 0 N–H and O–H groups in total. The van der Waals surface area contributed by atoms with Gasteiger partial charge in [-0.1, -0.05) is 46.3 Å². The molecule has 0 aliphatic heterocycles. The summed E-state index contributed by atoms with van der Waals surface area (Å²) in [5.74, 6) is 1.75. The minimum absolute atomic E-state index is 0.490. The molecule has 1 spiro atoms. The van der Waals surface area contributed by atoms with Gasteiger partial charge in [-0.3, -0.25) is 0 Å². The highest BCUT2D eigenvalue weighted by Gasteiger charge is 2.64. The van der Waals surface area contributed by atoms with Gasteiger partial charge in [-0.05, 0) is 53.8 Å². The Bertz CT molecular complexity index is 358. The lowest BCUT2D eigenvalue weighted by atomic mass is 9.52. The van der Waals surface area contributed by atoms with Crippen molar-refractivity contribution in [2.45, 2.75) is 60.3 Å². The zero-order valence-corrected chi connectivity index (χ0v) is 11.6. The Morgan fingerprint density at radius 3 is 2.50 bits per heavy atom. The minimum Gasteiger partial charge on any atom is -0.0813 e. The third-order valence-corrected chi connectivity index (χ3v) is 6.32. The summed E-state index contributed by atoms with van der Waals surface area (Å²) in [7, 11) is 0. The summed E-state index contributed by atoms with van der Waals surface area (Å²) in [6.45, 7) is 12.5. The van der Waals surface area contributed by atoms with E-state index in [1.165, 1.54) is 25.7 Å². The zero-order valence-electron chi connectivity index (χ0n) is 11.6. The molecule has 0 aromatic heterocycles. The highest BCUT2D eigenvalue weighted by molar-refractivity contribution is 5.37. The van der Waals surface area contributed by atoms with Gasteiger partial charge in [0, 0.05) is 0 Å². The fourth-order valence-electron chi connectivity index (χ4n) is 5.44. The summed E-state index contributed by atoms with van der Waals surface area (Å²) in [6.07, 6.45) is 8.45. The fraction of sp³-hybridized carbons (Fsp3) is 0.875. The van der Waals surface area contributed by atoms with Crippen LogP contribution < -0.4 is 0 Å². The van der Waals surface area contributed by atoms with E-state index < -0.39 is 0 Å². The van der Waals surface area contributed by atoms with Crippen LogP contribution in [0.25, 0.3) is 0 Å². The fourth-order valence-corrected chi connectivity index (χ4v) is 5.44. The lowest BCUT2D eigenvalue weighted by Crippen LogP contribution is -2.43. The van der Waals surface area contributed by atoms with Crippen molar-refractivity contribution in [1.29, 1.82) is 0 Å². The van der Waals surface area contributed by atoms with Gasteiger partial charge in [-0.2, -0.15) is 0 Å². The molecule has 16 heavy (non-hydrogen) atoms. The van der Waals surface area contributed by atoms with Crippen molar-refractivity contribution in [2.24, 2.45) is 28.1 Å². The highest BCUT2D eigenvalue weighted by atomic mass is 14.7. The molecule has 0 saturated heterocycles. The number of fused-ring (bicyclic) bond motifs is 1. The number of allylic oxidation sites excluding steroid dienone is 2. The Morgan fingerprint density at radius 1 is 1.12 bits per heavy atom. The van der Waals surface area contributed by atoms with Gasteiger partial charge in [0.15, 0.2) is 0 Å². The summed E-state index contributed by atoms with van der Waals surface area (Å²) >= 11 is 0. The molecule has 0 amide bonds. The van der Waals surface area contributed by atoms with Crippen LogP contribution in [0.4, 0.5) is 0 Å². The lowest BCUT2D eigenvalue weighted by Gasteiger charge is -2.52. The smallest absolute Gasteiger partial charge is 0.00282 e. The Morgan fingerprint density at radius 2 is 1.81 bits per heavy atom. The molecule has 2 fully saturated rings. The molecule has 90 valence electrons. The second kappa shape index (κ2) is 2.76. The van der Waals surface area contributed by atoms with Crippen molar-refractivity contribution in [2.75, 3.05) is 0 Å². The molecule has 0 radical (unpaired) electrons. The second-order valence-electron chi connectivity index (χ2n) is 7.89. The normalized spacial score (nSPS) is 47.7. The van der Waals surface area contributed by atoms with E-state index in [0.29, 0.717) is 16.2 Å². The van der Waals surface area contributed by atoms with Gasteiger partial charge in [-0.15, -0.1) is 0 Å². The van der Waals surface area contributed by atoms with Crippen LogP contribution >= 0.6 is 0 Å². The molecule has 0 nitrogen and oxygen atoms in total. The standard InChI is InChI=1S/C16H26/c1-11-8-13-15(4,5)12-6-7-16(13,10-12)14(2,3)9-11/h8,11-12H,6-7,9-10H2,1-5H3/t11?,12-,16+/m1/s1. The molecule has 3 aliphatic carbocycles. The summed E-state index contributed by atoms with van der Waals surface area (Å²) in [5, 5.41) is 0. The van der Waals surface area contributed by atoms with E-state index >= 15 is 0 Å². The average Bonchev–Trinajstić information content (AvgIpc) is 2.63. The Hall–Kier alpha value is -0.260. The number of hydrogen-bond donors (Lipinski definition) is 0. The first-order valence-electron chi connectivity index (χ1n) is 7.02. The van der Waals surface area contributed by atoms with Crippen molar-refractivity contribution in [3.05, 3.63) is 11.6 Å². The summed E-state index contributed by atoms with van der Waals surface area (Å²) in [5.41, 5.74) is 3.43. The predicted octanol–water partition coefficient (Wildman–Crippen LogP) is 4.81. The van der Waals surface area contributed by atoms with Crippen LogP contribution in [0, 0.1) is 28.1 Å². The van der Waals surface area contributed by atoms with E-state index in [2.05, 4.69) is 40.7 Å². The maximum atomic E-state index is 2.64. The van der Waals surface area contributed by atoms with Crippen LogP contribution in [0.2, 0.25) is 0 Å². The predicted molar refractivity (Wildman–Crippen MR) is 69.2 cm³/mol. The van der Waals surface area contributed by atoms with Gasteiger partial charge >= 0.3 is 0 Å². The Balaban J connectivity index is 2.18. The molecule has 3 atom stereocenters. The van der Waals surface area contributed by atoms with Gasteiger partial charge in [0.05, 0.1) is 0 Å². The van der Waals surface area contributed by atoms with Crippen LogP contribution in [0.15, 0.2) is 11.6 Å². The minimum atomic E-state index is 0.490. The van der Waals surface area contributed by atoms with Crippen LogP contribution in [0.3, 0.4) is 0 Å². The number of rotatable bonds is 0. The van der Waals surface area contributed by atoms with E-state index in [-0.39, 0.29) is 0 Å². The van der Waals surface area contributed by atoms with Gasteiger partial charge in [0.2, 0.25) is 0 Å². The maximum absolute atomic E-state index is 2.64. The summed E-state index contributed by atoms with van der Waals surface area (Å²) < 4.78 is 0. The molecule has 2 saturated carbocycles. The first kappa shape index (κ1) is 10.9. The third kappa shape index (κ3) is 1.02. The molecule has 0 heteroatoms. The van der Waals surface area contributed by atoms with E-state index in [0.717, 1.165) is 11.8 Å². The first-order valence-corrected chi connectivity index (χ1v) is 7.02. The molecular weight excluding hydrogens is 192 g/mol. The van der Waals surface area contributed by atoms with Crippen LogP contribution in [0.5, 0.6) is 0 Å². The van der Waals surface area contributed by atoms with Crippen molar-refractivity contribution < 1.29 is 0 Å². The quantitative estimate of drug-likeness (QED) is 0.512. The lowest BCUT2D eigenvalue weighted by molar-refractivity contribution is 0.0742. The molecule has 0 aromatic carbocycles. The molecule has 0 heterocycles. The van der Waals surface area contributed by atoms with Crippen LogP contribution in [-0.2, 0) is 0 Å². The van der Waals surface area contributed by atoms with Crippen LogP contribution in [-0.4, -0.2) is 0 Å². The van der Waals surface area contributed by atoms with Crippen LogP contribution in [0.1, 0.15) is 60.3 Å². The van der Waals surface area contributed by atoms with Gasteiger partial charge in [0.1, 0.15) is 0 Å². The van der Waals surface area contributed by atoms with Gasteiger partial charge < -0.3 is 0 Å². The Kier molecular flexibility index (Phi) is 1.88. The zero-order chi connectivity index (χ0) is 11.8. The van der Waals surface area contributed by atoms with Crippen molar-refractivity contribution in [1.82, 2.24) is 0 Å². The van der Waals surface area contributed by atoms with Gasteiger partial charge in [-0.25, -0.2) is 0 Å². The molecule has 1 unspecified atom stereocenters. The van der Waals surface area contributed by atoms with Crippen molar-refractivity contribution >= 4 is 0 Å².